The average Bonchev–Trinajstić information content (AvgIpc) is 2.73. The quantitative estimate of drug-likeness (QED) is 0.693. The fraction of sp³-hybridized carbons (Fsp3) is 0.280. The Balaban J connectivity index is 1.79. The molecule has 1 aliphatic carbocycles. The molecule has 0 spiro atoms. The van der Waals surface area contributed by atoms with Gasteiger partial charge in [0.1, 0.15) is 0 Å². The fourth-order valence-corrected chi connectivity index (χ4v) is 4.61. The van der Waals surface area contributed by atoms with Gasteiger partial charge in [0.2, 0.25) is 0 Å². The lowest BCUT2D eigenvalue weighted by molar-refractivity contribution is -0.136. The van der Waals surface area contributed by atoms with E-state index in [4.69, 9.17) is 16.3 Å². The summed E-state index contributed by atoms with van der Waals surface area (Å²) in [5, 5.41) is 4.03. The van der Waals surface area contributed by atoms with Crippen LogP contribution in [0.15, 0.2) is 71.1 Å². The normalized spacial score (nSPS) is 21.3. The zero-order chi connectivity index (χ0) is 21.4. The number of nitrogens with one attached hydrogen (secondary N) is 1. The molecule has 154 valence electrons. The van der Waals surface area contributed by atoms with Crippen LogP contribution in [-0.2, 0) is 14.3 Å². The molecule has 0 saturated heterocycles. The molecule has 5 heteroatoms. The van der Waals surface area contributed by atoms with Crippen LogP contribution in [0.5, 0.6) is 0 Å². The monoisotopic (exact) mass is 421 g/mol. The van der Waals surface area contributed by atoms with Crippen LogP contribution in [0, 0.1) is 6.92 Å². The number of carbonyl (C=O) groups excluding carboxylic acids is 2. The molecular formula is C25H24ClNO3. The molecule has 2 atom stereocenters. The Bertz CT molecular complexity index is 1060. The number of esters is 1. The number of rotatable bonds is 3. The standard InChI is InChI=1S/C25H24ClNO3/c1-14-4-6-17(7-5-14)23-22(25(29)30-3)15(2)27-20-12-18(13-21(28)24(20)23)16-8-10-19(26)11-9-16/h4-11,18,23,27H,12-13H2,1-3H3/t18-,23-/m0/s1. The topological polar surface area (TPSA) is 55.4 Å². The van der Waals surface area contributed by atoms with Gasteiger partial charge >= 0.3 is 5.97 Å². The zero-order valence-electron chi connectivity index (χ0n) is 17.3. The smallest absolute Gasteiger partial charge is 0.336 e. The van der Waals surface area contributed by atoms with Gasteiger partial charge in [0.25, 0.3) is 0 Å². The number of Topliss-reactive ketones (excluding diaryl/α,β-unsaturated/α-hetero) is 1. The highest BCUT2D eigenvalue weighted by atomic mass is 35.5. The predicted molar refractivity (Wildman–Crippen MR) is 117 cm³/mol. The molecule has 1 aliphatic heterocycles. The number of hydrogen-bond acceptors (Lipinski definition) is 4. The van der Waals surface area contributed by atoms with Crippen LogP contribution in [0.1, 0.15) is 48.3 Å². The summed E-state index contributed by atoms with van der Waals surface area (Å²) in [5.41, 5.74) is 5.94. The minimum Gasteiger partial charge on any atom is -0.466 e. The summed E-state index contributed by atoms with van der Waals surface area (Å²) < 4.78 is 5.07. The van der Waals surface area contributed by atoms with E-state index in [0.29, 0.717) is 29.0 Å². The van der Waals surface area contributed by atoms with Gasteiger partial charge in [0, 0.05) is 34.3 Å². The van der Waals surface area contributed by atoms with E-state index in [1.807, 2.05) is 62.4 Å². The number of ether oxygens (including phenoxy) is 1. The number of methoxy groups -OCH3 is 1. The Morgan fingerprint density at radius 3 is 2.27 bits per heavy atom. The highest BCUT2D eigenvalue weighted by molar-refractivity contribution is 6.30. The summed E-state index contributed by atoms with van der Waals surface area (Å²) in [7, 11) is 1.37. The number of hydrogen-bond donors (Lipinski definition) is 1. The summed E-state index contributed by atoms with van der Waals surface area (Å²) in [6.45, 7) is 3.88. The van der Waals surface area contributed by atoms with E-state index in [2.05, 4.69) is 5.32 Å². The summed E-state index contributed by atoms with van der Waals surface area (Å²) in [5.74, 6) is -0.701. The van der Waals surface area contributed by atoms with Gasteiger partial charge in [-0.05, 0) is 49.4 Å². The molecule has 2 aromatic carbocycles. The van der Waals surface area contributed by atoms with Crippen molar-refractivity contribution < 1.29 is 14.3 Å². The Morgan fingerprint density at radius 1 is 1.00 bits per heavy atom. The van der Waals surface area contributed by atoms with E-state index < -0.39 is 11.9 Å². The summed E-state index contributed by atoms with van der Waals surface area (Å²) >= 11 is 6.03. The van der Waals surface area contributed by atoms with Crippen LogP contribution in [0.3, 0.4) is 0 Å². The van der Waals surface area contributed by atoms with Crippen LogP contribution in [0.2, 0.25) is 5.02 Å². The lowest BCUT2D eigenvalue weighted by Gasteiger charge is -2.36. The largest absolute Gasteiger partial charge is 0.466 e. The maximum atomic E-state index is 13.4. The molecule has 0 unspecified atom stereocenters. The number of allylic oxidation sites excluding steroid dienone is 3. The first-order valence-electron chi connectivity index (χ1n) is 10.0. The third-order valence-corrected chi connectivity index (χ3v) is 6.24. The average molecular weight is 422 g/mol. The van der Waals surface area contributed by atoms with Gasteiger partial charge < -0.3 is 10.1 Å². The molecule has 1 N–H and O–H groups in total. The first-order valence-corrected chi connectivity index (χ1v) is 10.4. The molecule has 0 bridgehead atoms. The Hall–Kier alpha value is -2.85. The van der Waals surface area contributed by atoms with Crippen molar-refractivity contribution in [3.63, 3.8) is 0 Å². The minimum atomic E-state index is -0.423. The lowest BCUT2D eigenvalue weighted by Crippen LogP contribution is -2.36. The van der Waals surface area contributed by atoms with Crippen LogP contribution >= 0.6 is 11.6 Å². The van der Waals surface area contributed by atoms with Crippen molar-refractivity contribution in [2.75, 3.05) is 7.11 Å². The molecule has 0 saturated carbocycles. The number of halogens is 1. The molecule has 2 aromatic rings. The van der Waals surface area contributed by atoms with Crippen molar-refractivity contribution in [2.45, 2.75) is 38.5 Å². The summed E-state index contributed by atoms with van der Waals surface area (Å²) in [4.78, 5) is 26.1. The molecule has 0 radical (unpaired) electrons. The second-order valence-corrected chi connectivity index (χ2v) is 8.41. The van der Waals surface area contributed by atoms with Crippen molar-refractivity contribution in [1.82, 2.24) is 5.32 Å². The van der Waals surface area contributed by atoms with Gasteiger partial charge in [0.15, 0.2) is 5.78 Å². The van der Waals surface area contributed by atoms with E-state index in [-0.39, 0.29) is 11.7 Å². The third kappa shape index (κ3) is 3.68. The first-order chi connectivity index (χ1) is 14.4. The molecular weight excluding hydrogens is 398 g/mol. The third-order valence-electron chi connectivity index (χ3n) is 5.98. The Labute approximate surface area is 181 Å². The maximum absolute atomic E-state index is 13.4. The van der Waals surface area contributed by atoms with Gasteiger partial charge in [-0.1, -0.05) is 53.6 Å². The van der Waals surface area contributed by atoms with E-state index in [1.165, 1.54) is 7.11 Å². The van der Waals surface area contributed by atoms with Crippen LogP contribution < -0.4 is 5.32 Å². The highest BCUT2D eigenvalue weighted by Crippen LogP contribution is 2.45. The molecule has 4 rings (SSSR count). The molecule has 1 heterocycles. The molecule has 30 heavy (non-hydrogen) atoms. The van der Waals surface area contributed by atoms with Crippen LogP contribution in [0.25, 0.3) is 0 Å². The number of aryl methyl sites for hydroxylation is 1. The number of ketones is 1. The van der Waals surface area contributed by atoms with E-state index in [0.717, 1.165) is 28.1 Å². The number of dihydropyridines is 1. The molecule has 0 aromatic heterocycles. The SMILES string of the molecule is COC(=O)C1=C(C)NC2=C(C(=O)C[C@@H](c3ccc(Cl)cc3)C2)[C@H]1c1ccc(C)cc1. The maximum Gasteiger partial charge on any atom is 0.336 e. The van der Waals surface area contributed by atoms with Gasteiger partial charge in [-0.25, -0.2) is 4.79 Å². The van der Waals surface area contributed by atoms with E-state index >= 15 is 0 Å². The second kappa shape index (κ2) is 8.11. The molecule has 2 aliphatic rings. The van der Waals surface area contributed by atoms with Crippen molar-refractivity contribution in [3.8, 4) is 0 Å². The van der Waals surface area contributed by atoms with Gasteiger partial charge in [-0.15, -0.1) is 0 Å². The van der Waals surface area contributed by atoms with Crippen molar-refractivity contribution in [3.05, 3.63) is 92.8 Å². The zero-order valence-corrected chi connectivity index (χ0v) is 18.0. The first kappa shape index (κ1) is 20.4. The van der Waals surface area contributed by atoms with Crippen molar-refractivity contribution in [1.29, 1.82) is 0 Å². The summed E-state index contributed by atoms with van der Waals surface area (Å²) in [6.07, 6.45) is 1.11. The molecule has 4 nitrogen and oxygen atoms in total. The Kier molecular flexibility index (Phi) is 5.52. The second-order valence-electron chi connectivity index (χ2n) is 7.97. The predicted octanol–water partition coefficient (Wildman–Crippen LogP) is 5.18. The Morgan fingerprint density at radius 2 is 1.63 bits per heavy atom. The minimum absolute atomic E-state index is 0.0585. The molecule has 0 amide bonds. The van der Waals surface area contributed by atoms with Gasteiger partial charge in [-0.2, -0.15) is 0 Å². The van der Waals surface area contributed by atoms with E-state index in [1.54, 1.807) is 0 Å². The van der Waals surface area contributed by atoms with Crippen molar-refractivity contribution >= 4 is 23.4 Å². The molecule has 0 fully saturated rings. The lowest BCUT2D eigenvalue weighted by atomic mass is 9.71. The number of carbonyl (C=O) groups is 2. The van der Waals surface area contributed by atoms with Gasteiger partial charge in [-0.3, -0.25) is 4.79 Å². The fourth-order valence-electron chi connectivity index (χ4n) is 4.48. The highest BCUT2D eigenvalue weighted by Gasteiger charge is 2.41. The van der Waals surface area contributed by atoms with E-state index in [9.17, 15) is 9.59 Å². The van der Waals surface area contributed by atoms with Crippen LogP contribution in [0.4, 0.5) is 0 Å². The summed E-state index contributed by atoms with van der Waals surface area (Å²) in [6, 6.07) is 15.7. The van der Waals surface area contributed by atoms with Crippen molar-refractivity contribution in [2.24, 2.45) is 0 Å². The van der Waals surface area contributed by atoms with Gasteiger partial charge in [0.05, 0.1) is 12.7 Å². The number of benzene rings is 2. The van der Waals surface area contributed by atoms with Crippen LogP contribution in [-0.4, -0.2) is 18.9 Å².